The van der Waals surface area contributed by atoms with Crippen LogP contribution in [0.4, 0.5) is 5.82 Å². The van der Waals surface area contributed by atoms with Crippen molar-refractivity contribution in [2.45, 2.75) is 13.3 Å². The number of carbonyl (C=O) groups is 1. The van der Waals surface area contributed by atoms with Gasteiger partial charge in [0, 0.05) is 5.56 Å². The van der Waals surface area contributed by atoms with Crippen molar-refractivity contribution in [2.75, 3.05) is 5.32 Å². The number of anilines is 1. The van der Waals surface area contributed by atoms with Crippen LogP contribution >= 0.6 is 11.3 Å². The van der Waals surface area contributed by atoms with Crippen molar-refractivity contribution in [3.05, 3.63) is 88.6 Å². The van der Waals surface area contributed by atoms with Crippen LogP contribution in [0.3, 0.4) is 0 Å². The predicted octanol–water partition coefficient (Wildman–Crippen LogP) is 4.84. The first-order valence-corrected chi connectivity index (χ1v) is 9.22. The summed E-state index contributed by atoms with van der Waals surface area (Å²) in [5.74, 6) is 0.400. The van der Waals surface area contributed by atoms with Crippen molar-refractivity contribution in [3.8, 4) is 0 Å². The molecule has 0 aliphatic carbocycles. The Morgan fingerprint density at radius 2 is 1.85 bits per heavy atom. The average molecular weight is 359 g/mol. The fraction of sp³-hybridized carbons (Fsp3) is 0.0952. The standard InChI is InChI=1S/C21H17N3OS/c1-14-12-26-19-18(14)22-13-23-20(19)24-21(25)17-9-5-8-16(11-17)10-15-6-3-2-4-7-15/h2-9,11-13H,10H2,1H3,(H,22,23,24,25). The number of carbonyl (C=O) groups excluding carboxylic acids is 1. The Kier molecular flexibility index (Phi) is 4.46. The fourth-order valence-corrected chi connectivity index (χ4v) is 3.84. The van der Waals surface area contributed by atoms with Gasteiger partial charge in [0.2, 0.25) is 0 Å². The Labute approximate surface area is 155 Å². The molecule has 0 fully saturated rings. The van der Waals surface area contributed by atoms with Crippen LogP contribution in [0.15, 0.2) is 66.3 Å². The summed E-state index contributed by atoms with van der Waals surface area (Å²) in [6.45, 7) is 2.00. The maximum Gasteiger partial charge on any atom is 0.256 e. The molecule has 0 unspecified atom stereocenters. The predicted molar refractivity (Wildman–Crippen MR) is 106 cm³/mol. The van der Waals surface area contributed by atoms with Gasteiger partial charge in [-0.05, 0) is 47.5 Å². The van der Waals surface area contributed by atoms with E-state index in [0.29, 0.717) is 11.4 Å². The minimum Gasteiger partial charge on any atom is -0.305 e. The van der Waals surface area contributed by atoms with Gasteiger partial charge in [-0.2, -0.15) is 0 Å². The molecule has 1 N–H and O–H groups in total. The molecule has 128 valence electrons. The lowest BCUT2D eigenvalue weighted by Crippen LogP contribution is -2.13. The molecular formula is C21H17N3OS. The van der Waals surface area contributed by atoms with Gasteiger partial charge in [0.25, 0.3) is 5.91 Å². The van der Waals surface area contributed by atoms with Crippen molar-refractivity contribution < 1.29 is 4.79 Å². The smallest absolute Gasteiger partial charge is 0.256 e. The van der Waals surface area contributed by atoms with Crippen LogP contribution in [0.25, 0.3) is 10.2 Å². The topological polar surface area (TPSA) is 54.9 Å². The van der Waals surface area contributed by atoms with E-state index >= 15 is 0 Å². The Balaban J connectivity index is 1.57. The second-order valence-electron chi connectivity index (χ2n) is 6.14. The highest BCUT2D eigenvalue weighted by Gasteiger charge is 2.13. The molecule has 0 aliphatic heterocycles. The average Bonchev–Trinajstić information content (AvgIpc) is 3.05. The molecule has 0 aliphatic rings. The molecule has 2 aromatic carbocycles. The van der Waals surface area contributed by atoms with Crippen molar-refractivity contribution in [2.24, 2.45) is 0 Å². The van der Waals surface area contributed by atoms with Crippen molar-refractivity contribution >= 4 is 33.3 Å². The lowest BCUT2D eigenvalue weighted by Gasteiger charge is -2.07. The first-order chi connectivity index (χ1) is 12.7. The number of nitrogens with zero attached hydrogens (tertiary/aromatic N) is 2. The van der Waals surface area contributed by atoms with Crippen molar-refractivity contribution in [1.29, 1.82) is 0 Å². The number of aromatic nitrogens is 2. The monoisotopic (exact) mass is 359 g/mol. The van der Waals surface area contributed by atoms with Crippen LogP contribution in [0, 0.1) is 6.92 Å². The van der Waals surface area contributed by atoms with E-state index in [9.17, 15) is 4.79 Å². The van der Waals surface area contributed by atoms with E-state index in [1.165, 1.54) is 11.9 Å². The van der Waals surface area contributed by atoms with Crippen LogP contribution in [0.5, 0.6) is 0 Å². The maximum absolute atomic E-state index is 12.7. The molecular weight excluding hydrogens is 342 g/mol. The van der Waals surface area contributed by atoms with Crippen molar-refractivity contribution in [1.82, 2.24) is 9.97 Å². The fourth-order valence-electron chi connectivity index (χ4n) is 2.89. The first-order valence-electron chi connectivity index (χ1n) is 8.34. The molecule has 2 heterocycles. The molecule has 1 amide bonds. The number of hydrogen-bond donors (Lipinski definition) is 1. The third kappa shape index (κ3) is 3.34. The van der Waals surface area contributed by atoms with E-state index in [4.69, 9.17) is 0 Å². The number of aryl methyl sites for hydroxylation is 1. The summed E-state index contributed by atoms with van der Waals surface area (Å²) in [6.07, 6.45) is 2.29. The van der Waals surface area contributed by atoms with Gasteiger partial charge in [0.05, 0.1) is 10.2 Å². The highest BCUT2D eigenvalue weighted by atomic mass is 32.1. The Morgan fingerprint density at radius 3 is 2.69 bits per heavy atom. The van der Waals surface area contributed by atoms with E-state index in [1.54, 1.807) is 11.3 Å². The minimum atomic E-state index is -0.161. The molecule has 4 nitrogen and oxygen atoms in total. The van der Waals surface area contributed by atoms with Crippen LogP contribution in [0.1, 0.15) is 27.0 Å². The van der Waals surface area contributed by atoms with Gasteiger partial charge < -0.3 is 5.32 Å². The summed E-state index contributed by atoms with van der Waals surface area (Å²) >= 11 is 1.54. The number of amides is 1. The molecule has 0 saturated heterocycles. The van der Waals surface area contributed by atoms with E-state index in [2.05, 4.69) is 27.4 Å². The number of benzene rings is 2. The molecule has 2 aromatic heterocycles. The van der Waals surface area contributed by atoms with Gasteiger partial charge in [-0.1, -0.05) is 42.5 Å². The second kappa shape index (κ2) is 7.06. The highest BCUT2D eigenvalue weighted by Crippen LogP contribution is 2.28. The summed E-state index contributed by atoms with van der Waals surface area (Å²) < 4.78 is 0.902. The summed E-state index contributed by atoms with van der Waals surface area (Å²) in [7, 11) is 0. The van der Waals surface area contributed by atoms with E-state index in [1.807, 2.05) is 54.8 Å². The third-order valence-electron chi connectivity index (χ3n) is 4.20. The normalized spacial score (nSPS) is 10.8. The molecule has 0 saturated carbocycles. The largest absolute Gasteiger partial charge is 0.305 e. The molecule has 0 spiro atoms. The molecule has 5 heteroatoms. The molecule has 0 bridgehead atoms. The zero-order valence-electron chi connectivity index (χ0n) is 14.3. The number of thiophene rings is 1. The summed E-state index contributed by atoms with van der Waals surface area (Å²) in [5, 5.41) is 4.95. The number of rotatable bonds is 4. The van der Waals surface area contributed by atoms with Crippen molar-refractivity contribution in [3.63, 3.8) is 0 Å². The summed E-state index contributed by atoms with van der Waals surface area (Å²) in [5.41, 5.74) is 4.92. The zero-order valence-corrected chi connectivity index (χ0v) is 15.1. The Hall–Kier alpha value is -3.05. The summed E-state index contributed by atoms with van der Waals surface area (Å²) in [4.78, 5) is 21.2. The lowest BCUT2D eigenvalue weighted by molar-refractivity contribution is 0.102. The maximum atomic E-state index is 12.7. The quantitative estimate of drug-likeness (QED) is 0.567. The van der Waals surface area contributed by atoms with Crippen LogP contribution in [0.2, 0.25) is 0 Å². The molecule has 0 radical (unpaired) electrons. The minimum absolute atomic E-state index is 0.161. The van der Waals surface area contributed by atoms with E-state index < -0.39 is 0 Å². The molecule has 26 heavy (non-hydrogen) atoms. The van der Waals surface area contributed by atoms with Gasteiger partial charge in [0.1, 0.15) is 6.33 Å². The number of nitrogens with one attached hydrogen (secondary N) is 1. The van der Waals surface area contributed by atoms with Gasteiger partial charge in [-0.15, -0.1) is 11.3 Å². The lowest BCUT2D eigenvalue weighted by atomic mass is 10.0. The number of hydrogen-bond acceptors (Lipinski definition) is 4. The second-order valence-corrected chi connectivity index (χ2v) is 7.02. The van der Waals surface area contributed by atoms with Gasteiger partial charge in [0.15, 0.2) is 5.82 Å². The van der Waals surface area contributed by atoms with Crippen LogP contribution in [-0.4, -0.2) is 15.9 Å². The van der Waals surface area contributed by atoms with Crippen LogP contribution in [-0.2, 0) is 6.42 Å². The summed E-state index contributed by atoms with van der Waals surface area (Å²) in [6, 6.07) is 17.9. The van der Waals surface area contributed by atoms with E-state index in [-0.39, 0.29) is 5.91 Å². The first kappa shape index (κ1) is 16.4. The number of fused-ring (bicyclic) bond motifs is 1. The molecule has 0 atom stereocenters. The molecule has 4 rings (SSSR count). The zero-order chi connectivity index (χ0) is 17.9. The van der Waals surface area contributed by atoms with E-state index in [0.717, 1.165) is 27.8 Å². The van der Waals surface area contributed by atoms with Crippen LogP contribution < -0.4 is 5.32 Å². The third-order valence-corrected chi connectivity index (χ3v) is 5.30. The SMILES string of the molecule is Cc1csc2c(NC(=O)c3cccc(Cc4ccccc4)c3)ncnc12. The van der Waals surface area contributed by atoms with Gasteiger partial charge >= 0.3 is 0 Å². The Bertz CT molecular complexity index is 1070. The molecule has 4 aromatic rings. The van der Waals surface area contributed by atoms with Gasteiger partial charge in [-0.25, -0.2) is 9.97 Å². The Morgan fingerprint density at radius 1 is 1.04 bits per heavy atom. The highest BCUT2D eigenvalue weighted by molar-refractivity contribution is 7.18. The van der Waals surface area contributed by atoms with Gasteiger partial charge in [-0.3, -0.25) is 4.79 Å².